The fraction of sp³-hybridized carbons (Fsp3) is 0.429. The third kappa shape index (κ3) is 3.94. The molecule has 0 amide bonds. The summed E-state index contributed by atoms with van der Waals surface area (Å²) in [6, 6.07) is 7.69. The van der Waals surface area contributed by atoms with Crippen LogP contribution < -0.4 is 4.74 Å². The van der Waals surface area contributed by atoms with Gasteiger partial charge in [-0.3, -0.25) is 0 Å². The van der Waals surface area contributed by atoms with Gasteiger partial charge >= 0.3 is 0 Å². The molecule has 1 saturated heterocycles. The Morgan fingerprint density at radius 2 is 1.94 bits per heavy atom. The van der Waals surface area contributed by atoms with Crippen molar-refractivity contribution >= 4 is 15.9 Å². The summed E-state index contributed by atoms with van der Waals surface area (Å²) in [5.74, 6) is 3.48. The maximum atomic E-state index is 5.75. The minimum absolute atomic E-state index is 0.261. The molecule has 1 aliphatic rings. The van der Waals surface area contributed by atoms with Crippen molar-refractivity contribution in [3.63, 3.8) is 0 Å². The maximum absolute atomic E-state index is 5.75. The molecule has 18 heavy (non-hydrogen) atoms. The first-order valence-corrected chi connectivity index (χ1v) is 6.72. The third-order valence-corrected chi connectivity index (χ3v) is 3.09. The number of rotatable bonds is 3. The Kier molecular flexibility index (Phi) is 4.91. The van der Waals surface area contributed by atoms with Crippen molar-refractivity contribution in [1.29, 1.82) is 0 Å². The number of halogens is 1. The van der Waals surface area contributed by atoms with Gasteiger partial charge in [-0.25, -0.2) is 0 Å². The predicted octanol–water partition coefficient (Wildman–Crippen LogP) is 3.68. The van der Waals surface area contributed by atoms with E-state index in [-0.39, 0.29) is 12.6 Å². The fourth-order valence-corrected chi connectivity index (χ4v) is 1.98. The highest BCUT2D eigenvalue weighted by molar-refractivity contribution is 9.10. The molecule has 0 spiro atoms. The Bertz CT molecular complexity index is 433. The molecule has 2 rings (SSSR count). The van der Waals surface area contributed by atoms with Crippen molar-refractivity contribution < 1.29 is 14.2 Å². The quantitative estimate of drug-likeness (QED) is 0.797. The molecule has 1 aliphatic heterocycles. The van der Waals surface area contributed by atoms with Crippen molar-refractivity contribution in [1.82, 2.24) is 0 Å². The minimum atomic E-state index is -0.286. The first-order chi connectivity index (χ1) is 8.78. The highest BCUT2D eigenvalue weighted by Gasteiger charge is 2.24. The smallest absolute Gasteiger partial charge is 0.213 e. The van der Waals surface area contributed by atoms with Crippen LogP contribution in [0.1, 0.15) is 26.2 Å². The lowest BCUT2D eigenvalue weighted by Gasteiger charge is -2.28. The van der Waals surface area contributed by atoms with Crippen LogP contribution in [0.3, 0.4) is 0 Å². The molecule has 1 fully saturated rings. The van der Waals surface area contributed by atoms with Crippen molar-refractivity contribution in [3.8, 4) is 17.8 Å². The van der Waals surface area contributed by atoms with Crippen LogP contribution in [0.4, 0.5) is 0 Å². The lowest BCUT2D eigenvalue weighted by molar-refractivity contribution is -0.219. The summed E-state index contributed by atoms with van der Waals surface area (Å²) in [7, 11) is 0. The zero-order chi connectivity index (χ0) is 12.8. The molecule has 0 radical (unpaired) electrons. The fourth-order valence-electron chi connectivity index (χ4n) is 1.72. The van der Waals surface area contributed by atoms with Crippen LogP contribution in [0.25, 0.3) is 0 Å². The summed E-state index contributed by atoms with van der Waals surface area (Å²) in [4.78, 5) is 0. The van der Waals surface area contributed by atoms with Gasteiger partial charge in [0.2, 0.25) is 12.6 Å². The van der Waals surface area contributed by atoms with Gasteiger partial charge in [-0.1, -0.05) is 21.9 Å². The molecular weight excluding hydrogens is 296 g/mol. The van der Waals surface area contributed by atoms with E-state index in [0.29, 0.717) is 0 Å². The van der Waals surface area contributed by atoms with Gasteiger partial charge < -0.3 is 14.2 Å². The monoisotopic (exact) mass is 310 g/mol. The van der Waals surface area contributed by atoms with Gasteiger partial charge in [0.15, 0.2) is 0 Å². The molecule has 0 saturated carbocycles. The summed E-state index contributed by atoms with van der Waals surface area (Å²) in [6.45, 7) is 1.73. The lowest BCUT2D eigenvalue weighted by atomic mass is 10.2. The van der Waals surface area contributed by atoms with Crippen LogP contribution >= 0.6 is 15.9 Å². The number of ether oxygens (including phenoxy) is 3. The topological polar surface area (TPSA) is 27.7 Å². The number of hydrogen-bond acceptors (Lipinski definition) is 3. The highest BCUT2D eigenvalue weighted by atomic mass is 79.9. The van der Waals surface area contributed by atoms with Gasteiger partial charge in [0.1, 0.15) is 11.9 Å². The van der Waals surface area contributed by atoms with Gasteiger partial charge in [-0.15, -0.1) is 0 Å². The van der Waals surface area contributed by atoms with Crippen molar-refractivity contribution in [2.45, 2.75) is 38.8 Å². The van der Waals surface area contributed by atoms with E-state index in [2.05, 4.69) is 28.0 Å². The van der Waals surface area contributed by atoms with Crippen LogP contribution in [0.15, 0.2) is 28.7 Å². The lowest BCUT2D eigenvalue weighted by Crippen LogP contribution is -2.32. The van der Waals surface area contributed by atoms with Crippen LogP contribution in [0.2, 0.25) is 0 Å². The Balaban J connectivity index is 1.88. The first-order valence-electron chi connectivity index (χ1n) is 5.93. The Morgan fingerprint density at radius 3 is 2.67 bits per heavy atom. The van der Waals surface area contributed by atoms with Crippen LogP contribution in [-0.2, 0) is 9.47 Å². The molecule has 1 heterocycles. The van der Waals surface area contributed by atoms with E-state index in [1.165, 1.54) is 0 Å². The molecule has 0 aromatic heterocycles. The molecule has 1 aromatic rings. The standard InChI is InChI=1S/C14H15BrO3/c1-2-10-16-13-4-3-5-14(18-13)17-12-8-6-11(15)7-9-12/h6-9,13-14H,3-5H2,1H3. The molecule has 2 atom stereocenters. The van der Waals surface area contributed by atoms with Crippen LogP contribution in [0.5, 0.6) is 5.75 Å². The summed E-state index contributed by atoms with van der Waals surface area (Å²) >= 11 is 3.39. The van der Waals surface area contributed by atoms with Crippen molar-refractivity contribution in [2.24, 2.45) is 0 Å². The Morgan fingerprint density at radius 1 is 1.22 bits per heavy atom. The first kappa shape index (κ1) is 13.3. The molecule has 2 unspecified atom stereocenters. The predicted molar refractivity (Wildman–Crippen MR) is 71.8 cm³/mol. The SMILES string of the molecule is CC#COC1CCCC(Oc2ccc(Br)cc2)O1. The zero-order valence-corrected chi connectivity index (χ0v) is 11.8. The largest absolute Gasteiger partial charge is 0.465 e. The number of benzene rings is 1. The Labute approximate surface area is 116 Å². The summed E-state index contributed by atoms with van der Waals surface area (Å²) in [6.07, 6.45) is 4.76. The highest BCUT2D eigenvalue weighted by Crippen LogP contribution is 2.24. The second-order valence-corrected chi connectivity index (χ2v) is 4.88. The molecule has 3 nitrogen and oxygen atoms in total. The van der Waals surface area contributed by atoms with Gasteiger partial charge in [0, 0.05) is 24.2 Å². The average Bonchev–Trinajstić information content (AvgIpc) is 2.40. The van der Waals surface area contributed by atoms with Gasteiger partial charge in [-0.05, 0) is 30.7 Å². The zero-order valence-electron chi connectivity index (χ0n) is 10.2. The molecule has 1 aromatic carbocycles. The molecule has 4 heteroatoms. The maximum Gasteiger partial charge on any atom is 0.213 e. The summed E-state index contributed by atoms with van der Waals surface area (Å²) < 4.78 is 17.7. The average molecular weight is 311 g/mol. The van der Waals surface area contributed by atoms with Crippen LogP contribution in [-0.4, -0.2) is 12.6 Å². The molecule has 96 valence electrons. The third-order valence-electron chi connectivity index (χ3n) is 2.56. The van der Waals surface area contributed by atoms with E-state index < -0.39 is 0 Å². The van der Waals surface area contributed by atoms with Gasteiger partial charge in [0.25, 0.3) is 0 Å². The van der Waals surface area contributed by atoms with E-state index in [1.807, 2.05) is 24.3 Å². The second kappa shape index (κ2) is 6.67. The van der Waals surface area contributed by atoms with E-state index in [0.717, 1.165) is 29.5 Å². The van der Waals surface area contributed by atoms with Crippen molar-refractivity contribution in [3.05, 3.63) is 28.7 Å². The van der Waals surface area contributed by atoms with E-state index in [1.54, 1.807) is 6.92 Å². The molecule has 0 aliphatic carbocycles. The minimum Gasteiger partial charge on any atom is -0.465 e. The normalized spacial score (nSPS) is 22.8. The van der Waals surface area contributed by atoms with E-state index in [4.69, 9.17) is 14.2 Å². The van der Waals surface area contributed by atoms with Crippen LogP contribution in [0, 0.1) is 12.0 Å². The summed E-state index contributed by atoms with van der Waals surface area (Å²) in [5.41, 5.74) is 0. The van der Waals surface area contributed by atoms with Gasteiger partial charge in [0.05, 0.1) is 0 Å². The Hall–Kier alpha value is -1.18. The van der Waals surface area contributed by atoms with E-state index >= 15 is 0 Å². The van der Waals surface area contributed by atoms with Gasteiger partial charge in [-0.2, -0.15) is 0 Å². The number of hydrogen-bond donors (Lipinski definition) is 0. The summed E-state index contributed by atoms with van der Waals surface area (Å²) in [5, 5.41) is 0. The second-order valence-electron chi connectivity index (χ2n) is 3.97. The molecule has 0 N–H and O–H groups in total. The van der Waals surface area contributed by atoms with Crippen molar-refractivity contribution in [2.75, 3.05) is 0 Å². The molecular formula is C14H15BrO3. The molecule has 0 bridgehead atoms. The van der Waals surface area contributed by atoms with E-state index in [9.17, 15) is 0 Å².